The predicted molar refractivity (Wildman–Crippen MR) is 95.2 cm³/mol. The van der Waals surface area contributed by atoms with E-state index < -0.39 is 0 Å². The van der Waals surface area contributed by atoms with Crippen LogP contribution in [0.25, 0.3) is 0 Å². The standard InChI is InChI=1S/C16H23BrN2O3S/c1-2-5-15(21)22-14-10-23-16(19-14)18-13(20)9-8-11-6-3-4-7-12(11)17/h10-12H,2-9H2,1H3,(H,18,19,20). The van der Waals surface area contributed by atoms with Crippen molar-refractivity contribution in [3.63, 3.8) is 0 Å². The summed E-state index contributed by atoms with van der Waals surface area (Å²) < 4.78 is 5.09. The Balaban J connectivity index is 1.74. The number of halogens is 1. The highest BCUT2D eigenvalue weighted by Crippen LogP contribution is 2.33. The highest BCUT2D eigenvalue weighted by Gasteiger charge is 2.23. The van der Waals surface area contributed by atoms with Crippen LogP contribution in [0.3, 0.4) is 0 Å². The van der Waals surface area contributed by atoms with Crippen LogP contribution in [0, 0.1) is 5.92 Å². The summed E-state index contributed by atoms with van der Waals surface area (Å²) in [6, 6.07) is 0. The van der Waals surface area contributed by atoms with Gasteiger partial charge in [-0.2, -0.15) is 4.98 Å². The van der Waals surface area contributed by atoms with Gasteiger partial charge in [-0.25, -0.2) is 0 Å². The van der Waals surface area contributed by atoms with E-state index in [4.69, 9.17) is 4.74 Å². The summed E-state index contributed by atoms with van der Waals surface area (Å²) in [5.74, 6) is 0.514. The van der Waals surface area contributed by atoms with Crippen LogP contribution in [0.15, 0.2) is 5.38 Å². The molecule has 128 valence electrons. The Hall–Kier alpha value is -0.950. The average Bonchev–Trinajstić information content (AvgIpc) is 2.93. The van der Waals surface area contributed by atoms with Gasteiger partial charge >= 0.3 is 5.97 Å². The molecule has 1 amide bonds. The van der Waals surface area contributed by atoms with Gasteiger partial charge in [-0.3, -0.25) is 9.59 Å². The maximum absolute atomic E-state index is 12.0. The number of anilines is 1. The van der Waals surface area contributed by atoms with Gasteiger partial charge in [0.1, 0.15) is 0 Å². The van der Waals surface area contributed by atoms with E-state index in [0.717, 1.165) is 12.8 Å². The Morgan fingerprint density at radius 3 is 2.91 bits per heavy atom. The van der Waals surface area contributed by atoms with E-state index in [1.165, 1.54) is 37.0 Å². The summed E-state index contributed by atoms with van der Waals surface area (Å²) in [5.41, 5.74) is 0. The molecule has 2 atom stereocenters. The van der Waals surface area contributed by atoms with Crippen LogP contribution in [0.2, 0.25) is 0 Å². The molecule has 0 spiro atoms. The summed E-state index contributed by atoms with van der Waals surface area (Å²) in [7, 11) is 0. The number of hydrogen-bond donors (Lipinski definition) is 1. The molecule has 1 aliphatic rings. The average molecular weight is 403 g/mol. The molecule has 1 aliphatic carbocycles. The molecule has 0 bridgehead atoms. The van der Waals surface area contributed by atoms with Crippen LogP contribution in [-0.2, 0) is 9.59 Å². The van der Waals surface area contributed by atoms with Gasteiger partial charge in [0.25, 0.3) is 0 Å². The molecule has 1 heterocycles. The lowest BCUT2D eigenvalue weighted by Gasteiger charge is -2.26. The molecule has 1 aromatic rings. The minimum atomic E-state index is -0.295. The van der Waals surface area contributed by atoms with E-state index in [0.29, 0.717) is 28.7 Å². The summed E-state index contributed by atoms with van der Waals surface area (Å²) in [5, 5.41) is 4.90. The van der Waals surface area contributed by atoms with Crippen LogP contribution in [0.1, 0.15) is 58.3 Å². The molecule has 1 N–H and O–H groups in total. The second kappa shape index (κ2) is 9.37. The molecule has 23 heavy (non-hydrogen) atoms. The number of alkyl halides is 1. The van der Waals surface area contributed by atoms with E-state index in [-0.39, 0.29) is 17.8 Å². The molecule has 0 radical (unpaired) electrons. The molecule has 0 saturated heterocycles. The predicted octanol–water partition coefficient (Wildman–Crippen LogP) is 4.52. The second-order valence-corrected chi connectivity index (χ2v) is 7.90. The summed E-state index contributed by atoms with van der Waals surface area (Å²) in [4.78, 5) is 28.1. The smallest absolute Gasteiger partial charge is 0.312 e. The molecule has 7 heteroatoms. The van der Waals surface area contributed by atoms with Crippen molar-refractivity contribution in [3.05, 3.63) is 5.38 Å². The highest BCUT2D eigenvalue weighted by molar-refractivity contribution is 9.09. The first kappa shape index (κ1) is 18.4. The number of carbonyl (C=O) groups is 2. The molecule has 1 saturated carbocycles. The largest absolute Gasteiger partial charge is 0.406 e. The number of esters is 1. The number of nitrogens with zero attached hydrogens (tertiary/aromatic N) is 1. The molecule has 5 nitrogen and oxygen atoms in total. The zero-order chi connectivity index (χ0) is 16.7. The summed E-state index contributed by atoms with van der Waals surface area (Å²) in [6.45, 7) is 1.91. The van der Waals surface area contributed by atoms with Gasteiger partial charge in [0.15, 0.2) is 5.13 Å². The van der Waals surface area contributed by atoms with E-state index in [1.54, 1.807) is 5.38 Å². The third kappa shape index (κ3) is 6.22. The Bertz CT molecular complexity index is 535. The molecule has 2 unspecified atom stereocenters. The van der Waals surface area contributed by atoms with Gasteiger partial charge in [0.2, 0.25) is 11.8 Å². The van der Waals surface area contributed by atoms with Crippen molar-refractivity contribution in [1.82, 2.24) is 4.98 Å². The first-order valence-corrected chi connectivity index (χ1v) is 9.98. The van der Waals surface area contributed by atoms with Crippen molar-refractivity contribution in [1.29, 1.82) is 0 Å². The molecule has 0 aliphatic heterocycles. The summed E-state index contributed by atoms with van der Waals surface area (Å²) >= 11 is 4.99. The van der Waals surface area contributed by atoms with E-state index in [2.05, 4.69) is 26.2 Å². The Morgan fingerprint density at radius 1 is 1.39 bits per heavy atom. The normalized spacial score (nSPS) is 21.0. The van der Waals surface area contributed by atoms with Crippen LogP contribution >= 0.6 is 27.3 Å². The Labute approximate surface area is 149 Å². The summed E-state index contributed by atoms with van der Waals surface area (Å²) in [6.07, 6.45) is 7.42. The van der Waals surface area contributed by atoms with Crippen LogP contribution < -0.4 is 10.1 Å². The lowest BCUT2D eigenvalue weighted by molar-refractivity contribution is -0.134. The molecule has 0 aromatic carbocycles. The van der Waals surface area contributed by atoms with Gasteiger partial charge in [-0.1, -0.05) is 35.7 Å². The van der Waals surface area contributed by atoms with E-state index in [9.17, 15) is 9.59 Å². The van der Waals surface area contributed by atoms with Gasteiger partial charge in [-0.05, 0) is 31.6 Å². The van der Waals surface area contributed by atoms with Crippen LogP contribution in [0.5, 0.6) is 5.88 Å². The van der Waals surface area contributed by atoms with Gasteiger partial charge in [0.05, 0.1) is 5.38 Å². The molecular formula is C16H23BrN2O3S. The van der Waals surface area contributed by atoms with Crippen molar-refractivity contribution in [2.45, 2.75) is 63.1 Å². The van der Waals surface area contributed by atoms with Crippen molar-refractivity contribution < 1.29 is 14.3 Å². The number of hydrogen-bond acceptors (Lipinski definition) is 5. The number of ether oxygens (including phenoxy) is 1. The van der Waals surface area contributed by atoms with Crippen LogP contribution in [0.4, 0.5) is 5.13 Å². The fourth-order valence-electron chi connectivity index (χ4n) is 2.72. The zero-order valence-electron chi connectivity index (χ0n) is 13.3. The Morgan fingerprint density at radius 2 is 2.17 bits per heavy atom. The lowest BCUT2D eigenvalue weighted by Crippen LogP contribution is -2.21. The van der Waals surface area contributed by atoms with Crippen molar-refractivity contribution >= 4 is 44.3 Å². The maximum atomic E-state index is 12.0. The van der Waals surface area contributed by atoms with Gasteiger partial charge in [-0.15, -0.1) is 11.3 Å². The fraction of sp³-hybridized carbons (Fsp3) is 0.688. The Kier molecular flexibility index (Phi) is 7.49. The first-order chi connectivity index (χ1) is 11.1. The number of amides is 1. The lowest BCUT2D eigenvalue weighted by atomic mass is 9.86. The van der Waals surface area contributed by atoms with Crippen molar-refractivity contribution in [3.8, 4) is 5.88 Å². The molecule has 1 aromatic heterocycles. The molecular weight excluding hydrogens is 380 g/mol. The van der Waals surface area contributed by atoms with E-state index >= 15 is 0 Å². The number of nitrogens with one attached hydrogen (secondary N) is 1. The second-order valence-electron chi connectivity index (χ2n) is 5.86. The minimum absolute atomic E-state index is 0.0314. The quantitative estimate of drug-likeness (QED) is 0.537. The first-order valence-electron chi connectivity index (χ1n) is 8.18. The van der Waals surface area contributed by atoms with Crippen molar-refractivity contribution in [2.75, 3.05) is 5.32 Å². The SMILES string of the molecule is CCCC(=O)Oc1csc(NC(=O)CCC2CCCCC2Br)n1. The van der Waals surface area contributed by atoms with Gasteiger partial charge < -0.3 is 10.1 Å². The third-order valence-corrected chi connectivity index (χ3v) is 5.90. The molecule has 1 fully saturated rings. The van der Waals surface area contributed by atoms with Crippen molar-refractivity contribution in [2.24, 2.45) is 5.92 Å². The minimum Gasteiger partial charge on any atom is -0.406 e. The maximum Gasteiger partial charge on any atom is 0.312 e. The highest BCUT2D eigenvalue weighted by atomic mass is 79.9. The van der Waals surface area contributed by atoms with Crippen LogP contribution in [-0.4, -0.2) is 21.7 Å². The zero-order valence-corrected chi connectivity index (χ0v) is 15.7. The van der Waals surface area contributed by atoms with Gasteiger partial charge in [0, 0.05) is 17.7 Å². The number of rotatable bonds is 7. The van der Waals surface area contributed by atoms with E-state index in [1.807, 2.05) is 6.92 Å². The monoisotopic (exact) mass is 402 g/mol. The number of thiazole rings is 1. The molecule has 2 rings (SSSR count). The third-order valence-electron chi connectivity index (χ3n) is 3.96. The number of aromatic nitrogens is 1. The topological polar surface area (TPSA) is 68.3 Å². The fourth-order valence-corrected chi connectivity index (χ4v) is 4.20. The number of carbonyl (C=O) groups excluding carboxylic acids is 2.